The Morgan fingerprint density at radius 2 is 2.14 bits per heavy atom. The first kappa shape index (κ1) is 11.5. The van der Waals surface area contributed by atoms with Crippen LogP contribution in [0.4, 0.5) is 0 Å². The van der Waals surface area contributed by atoms with E-state index in [-0.39, 0.29) is 6.10 Å². The molecule has 3 N–H and O–H groups in total. The highest BCUT2D eigenvalue weighted by Crippen LogP contribution is 2.13. The molecule has 0 spiro atoms. The summed E-state index contributed by atoms with van der Waals surface area (Å²) in [6.45, 7) is 0.538. The Labute approximate surface area is 89.7 Å². The molecule has 0 amide bonds. The smallest absolute Gasteiger partial charge is 0.0555 e. The average molecular weight is 214 g/mol. The van der Waals surface area contributed by atoms with Gasteiger partial charge in [0.05, 0.1) is 6.10 Å². The number of aliphatic hydroxyl groups is 1. The van der Waals surface area contributed by atoms with Crippen LogP contribution in [0.15, 0.2) is 24.3 Å². The lowest BCUT2D eigenvalue weighted by molar-refractivity contribution is 0.157. The Hall–Kier alpha value is -0.570. The van der Waals surface area contributed by atoms with Gasteiger partial charge in [-0.15, -0.1) is 0 Å². The number of aliphatic hydroxyl groups excluding tert-OH is 1. The van der Waals surface area contributed by atoms with Gasteiger partial charge in [-0.25, -0.2) is 0 Å². The van der Waals surface area contributed by atoms with Crippen molar-refractivity contribution in [1.82, 2.24) is 0 Å². The van der Waals surface area contributed by atoms with Crippen molar-refractivity contribution in [3.05, 3.63) is 34.9 Å². The maximum Gasteiger partial charge on any atom is 0.0555 e. The third kappa shape index (κ3) is 4.09. The van der Waals surface area contributed by atoms with Gasteiger partial charge in [-0.1, -0.05) is 23.7 Å². The monoisotopic (exact) mass is 213 g/mol. The Balaban J connectivity index is 2.37. The predicted octanol–water partition coefficient (Wildman–Crippen LogP) is 1.98. The maximum atomic E-state index is 9.47. The van der Waals surface area contributed by atoms with Crippen LogP contribution in [-0.4, -0.2) is 17.8 Å². The summed E-state index contributed by atoms with van der Waals surface area (Å²) in [5.41, 5.74) is 6.50. The lowest BCUT2D eigenvalue weighted by atomic mass is 10.1. The summed E-state index contributed by atoms with van der Waals surface area (Å²) >= 11 is 5.84. The van der Waals surface area contributed by atoms with Gasteiger partial charge in [0.25, 0.3) is 0 Å². The first-order valence-corrected chi connectivity index (χ1v) is 5.22. The minimum Gasteiger partial charge on any atom is -0.393 e. The molecule has 14 heavy (non-hydrogen) atoms. The minimum atomic E-state index is -0.293. The fourth-order valence-electron chi connectivity index (χ4n) is 1.36. The molecule has 1 rings (SSSR count). The lowest BCUT2D eigenvalue weighted by Crippen LogP contribution is -2.14. The molecule has 1 unspecified atom stereocenters. The number of hydrogen-bond acceptors (Lipinski definition) is 2. The molecular formula is C11H16ClNO. The molecule has 1 atom stereocenters. The fourth-order valence-corrected chi connectivity index (χ4v) is 1.58. The summed E-state index contributed by atoms with van der Waals surface area (Å²) < 4.78 is 0. The zero-order valence-corrected chi connectivity index (χ0v) is 8.87. The number of hydrogen-bond donors (Lipinski definition) is 2. The van der Waals surface area contributed by atoms with Crippen molar-refractivity contribution in [3.63, 3.8) is 0 Å². The van der Waals surface area contributed by atoms with E-state index in [9.17, 15) is 5.11 Å². The third-order valence-corrected chi connectivity index (χ3v) is 2.39. The van der Waals surface area contributed by atoms with Crippen molar-refractivity contribution >= 4 is 11.6 Å². The van der Waals surface area contributed by atoms with Gasteiger partial charge in [0.2, 0.25) is 0 Å². The molecule has 0 fully saturated rings. The van der Waals surface area contributed by atoms with E-state index in [4.69, 9.17) is 17.3 Å². The summed E-state index contributed by atoms with van der Waals surface area (Å²) in [5.74, 6) is 0. The van der Waals surface area contributed by atoms with E-state index < -0.39 is 0 Å². The van der Waals surface area contributed by atoms with Crippen molar-refractivity contribution in [2.45, 2.75) is 25.4 Å². The quantitative estimate of drug-likeness (QED) is 0.786. The molecule has 0 saturated heterocycles. The van der Waals surface area contributed by atoms with Crippen LogP contribution in [0.5, 0.6) is 0 Å². The van der Waals surface area contributed by atoms with Gasteiger partial charge in [0, 0.05) is 5.02 Å². The van der Waals surface area contributed by atoms with E-state index in [1.54, 1.807) is 0 Å². The van der Waals surface area contributed by atoms with Gasteiger partial charge in [-0.05, 0) is 43.5 Å². The second-order valence-electron chi connectivity index (χ2n) is 3.40. The largest absolute Gasteiger partial charge is 0.393 e. The molecule has 1 aromatic rings. The van der Waals surface area contributed by atoms with Crippen LogP contribution < -0.4 is 5.73 Å². The maximum absolute atomic E-state index is 9.47. The Morgan fingerprint density at radius 1 is 1.36 bits per heavy atom. The number of aryl methyl sites for hydroxylation is 1. The van der Waals surface area contributed by atoms with Crippen molar-refractivity contribution in [3.8, 4) is 0 Å². The second-order valence-corrected chi connectivity index (χ2v) is 3.84. The van der Waals surface area contributed by atoms with E-state index in [0.29, 0.717) is 13.0 Å². The Bertz CT molecular complexity index is 278. The fraction of sp³-hybridized carbons (Fsp3) is 0.455. The number of nitrogens with two attached hydrogens (primary N) is 1. The molecule has 0 aromatic heterocycles. The van der Waals surface area contributed by atoms with E-state index in [1.807, 2.05) is 24.3 Å². The van der Waals surface area contributed by atoms with Gasteiger partial charge in [-0.2, -0.15) is 0 Å². The van der Waals surface area contributed by atoms with E-state index in [2.05, 4.69) is 0 Å². The highest BCUT2D eigenvalue weighted by Gasteiger charge is 2.03. The molecular weight excluding hydrogens is 198 g/mol. The summed E-state index contributed by atoms with van der Waals surface area (Å²) in [5, 5.41) is 10.2. The number of benzene rings is 1. The Morgan fingerprint density at radius 3 is 2.79 bits per heavy atom. The standard InChI is InChI=1S/C11H16ClNO/c12-10-3-1-2-9(8-10)4-5-11(14)6-7-13/h1-3,8,11,14H,4-7,13H2. The van der Waals surface area contributed by atoms with Crippen LogP contribution >= 0.6 is 11.6 Å². The zero-order chi connectivity index (χ0) is 10.4. The predicted molar refractivity (Wildman–Crippen MR) is 59.5 cm³/mol. The van der Waals surface area contributed by atoms with Crippen LogP contribution in [0.2, 0.25) is 5.02 Å². The number of rotatable bonds is 5. The van der Waals surface area contributed by atoms with Crippen molar-refractivity contribution in [2.24, 2.45) is 5.73 Å². The van der Waals surface area contributed by atoms with E-state index in [1.165, 1.54) is 0 Å². The van der Waals surface area contributed by atoms with Crippen LogP contribution in [0, 0.1) is 0 Å². The summed E-state index contributed by atoms with van der Waals surface area (Å²) in [7, 11) is 0. The minimum absolute atomic E-state index is 0.293. The number of halogens is 1. The molecule has 0 saturated carbocycles. The van der Waals surface area contributed by atoms with Gasteiger partial charge in [-0.3, -0.25) is 0 Å². The van der Waals surface area contributed by atoms with E-state index >= 15 is 0 Å². The molecule has 0 heterocycles. The zero-order valence-electron chi connectivity index (χ0n) is 8.12. The molecule has 1 aromatic carbocycles. The summed E-state index contributed by atoms with van der Waals surface area (Å²) in [6, 6.07) is 7.71. The van der Waals surface area contributed by atoms with Gasteiger partial charge >= 0.3 is 0 Å². The normalized spacial score (nSPS) is 12.8. The summed E-state index contributed by atoms with van der Waals surface area (Å²) in [4.78, 5) is 0. The topological polar surface area (TPSA) is 46.2 Å². The molecule has 0 bridgehead atoms. The molecule has 0 aliphatic carbocycles. The molecule has 78 valence electrons. The SMILES string of the molecule is NCCC(O)CCc1cccc(Cl)c1. The second kappa shape index (κ2) is 6.02. The van der Waals surface area contributed by atoms with Gasteiger partial charge in [0.15, 0.2) is 0 Å². The van der Waals surface area contributed by atoms with Gasteiger partial charge < -0.3 is 10.8 Å². The van der Waals surface area contributed by atoms with Crippen molar-refractivity contribution in [1.29, 1.82) is 0 Å². The Kier molecular flexibility index (Phi) is 4.94. The van der Waals surface area contributed by atoms with E-state index in [0.717, 1.165) is 23.4 Å². The molecule has 0 aliphatic rings. The molecule has 3 heteroatoms. The highest BCUT2D eigenvalue weighted by molar-refractivity contribution is 6.30. The third-order valence-electron chi connectivity index (χ3n) is 2.16. The average Bonchev–Trinajstić information content (AvgIpc) is 2.15. The molecule has 0 radical (unpaired) electrons. The summed E-state index contributed by atoms with van der Waals surface area (Å²) in [6.07, 6.45) is 1.97. The van der Waals surface area contributed by atoms with Crippen LogP contribution in [0.3, 0.4) is 0 Å². The molecule has 2 nitrogen and oxygen atoms in total. The van der Waals surface area contributed by atoms with Crippen molar-refractivity contribution < 1.29 is 5.11 Å². The lowest BCUT2D eigenvalue weighted by Gasteiger charge is -2.08. The van der Waals surface area contributed by atoms with Crippen LogP contribution in [0.25, 0.3) is 0 Å². The van der Waals surface area contributed by atoms with Crippen LogP contribution in [-0.2, 0) is 6.42 Å². The molecule has 0 aliphatic heterocycles. The van der Waals surface area contributed by atoms with Gasteiger partial charge in [0.1, 0.15) is 0 Å². The first-order valence-electron chi connectivity index (χ1n) is 4.85. The van der Waals surface area contributed by atoms with Crippen molar-refractivity contribution in [2.75, 3.05) is 6.54 Å². The van der Waals surface area contributed by atoms with Crippen LogP contribution in [0.1, 0.15) is 18.4 Å². The highest BCUT2D eigenvalue weighted by atomic mass is 35.5. The first-order chi connectivity index (χ1) is 6.72.